The summed E-state index contributed by atoms with van der Waals surface area (Å²) < 4.78 is 75.6. The maximum atomic E-state index is 14.3. The SMILES string of the molecule is Cc1cc(S(=O)(=O)[O-])c(C(C)C)cc1OS(=O)(=O)C12CC3CC(CC(COC(=O)C4CC5c6ccccc6C4c4ccccc45)(C3)C1)C2. The molecule has 0 radical (unpaired) electrons. The smallest absolute Gasteiger partial charge is 0.315 e. The molecule has 10 rings (SSSR count). The average molecular weight is 690 g/mol. The highest BCUT2D eigenvalue weighted by Crippen LogP contribution is 2.64. The Morgan fingerprint density at radius 2 is 1.46 bits per heavy atom. The first-order valence-corrected chi connectivity index (χ1v) is 19.9. The molecule has 0 heterocycles. The number of aryl methyl sites for hydroxylation is 1. The number of hydrogen-bond acceptors (Lipinski definition) is 8. The number of carbonyl (C=O) groups excluding carboxylic acids is 1. The number of hydrogen-bond donors (Lipinski definition) is 0. The number of esters is 1. The summed E-state index contributed by atoms with van der Waals surface area (Å²) in [6, 6.07) is 19.4. The summed E-state index contributed by atoms with van der Waals surface area (Å²) in [6.45, 7) is 5.24. The third kappa shape index (κ3) is 4.96. The molecule has 0 aromatic heterocycles. The van der Waals surface area contributed by atoms with Crippen LogP contribution in [0.25, 0.3) is 0 Å². The zero-order chi connectivity index (χ0) is 33.8. The molecular weight excluding hydrogens is 649 g/mol. The lowest BCUT2D eigenvalue weighted by atomic mass is 9.49. The van der Waals surface area contributed by atoms with Crippen molar-refractivity contribution in [1.82, 2.24) is 0 Å². The third-order valence-electron chi connectivity index (χ3n) is 12.2. The van der Waals surface area contributed by atoms with E-state index in [1.54, 1.807) is 20.8 Å². The van der Waals surface area contributed by atoms with Crippen LogP contribution in [0.3, 0.4) is 0 Å². The number of benzene rings is 3. The van der Waals surface area contributed by atoms with Gasteiger partial charge < -0.3 is 13.5 Å². The van der Waals surface area contributed by atoms with Gasteiger partial charge in [0, 0.05) is 17.3 Å². The first-order chi connectivity index (χ1) is 22.7. The van der Waals surface area contributed by atoms with Crippen molar-refractivity contribution in [3.63, 3.8) is 0 Å². The molecule has 8 nitrogen and oxygen atoms in total. The van der Waals surface area contributed by atoms with Gasteiger partial charge in [-0.05, 0) is 115 Å². The second-order valence-electron chi connectivity index (χ2n) is 15.7. The number of rotatable bonds is 8. The van der Waals surface area contributed by atoms with E-state index in [0.29, 0.717) is 25.7 Å². The van der Waals surface area contributed by atoms with E-state index in [2.05, 4.69) is 36.4 Å². The van der Waals surface area contributed by atoms with Crippen LogP contribution in [-0.4, -0.2) is 38.7 Å². The van der Waals surface area contributed by atoms with E-state index in [-0.39, 0.29) is 69.9 Å². The van der Waals surface area contributed by atoms with E-state index in [1.807, 2.05) is 12.1 Å². The standard InChI is InChI=1S/C38H42O8S2/c1-22(2)30-15-33(23(3)12-34(30)47(40,41)42)46-48(43,44)38-18-24-13-25(19-38)17-37(16-24,20-38)21-45-36(39)32-14-31-26-8-4-6-10-28(26)35(32)29-11-7-5-9-27(29)31/h4-12,15,22,24-25,31-32,35H,13-14,16-21H2,1-3H3,(H,40,41,42)/p-1. The fraction of sp³-hybridized carbons (Fsp3) is 0.500. The molecule has 4 fully saturated rings. The lowest BCUT2D eigenvalue weighted by Crippen LogP contribution is -2.61. The fourth-order valence-electron chi connectivity index (χ4n) is 10.7. The normalized spacial score (nSPS) is 31.4. The van der Waals surface area contributed by atoms with Crippen molar-refractivity contribution in [3.05, 3.63) is 94.0 Å². The molecule has 6 bridgehead atoms. The minimum Gasteiger partial charge on any atom is -0.744 e. The van der Waals surface area contributed by atoms with Crippen LogP contribution in [0.5, 0.6) is 5.75 Å². The van der Waals surface area contributed by atoms with Crippen LogP contribution in [0.4, 0.5) is 0 Å². The zero-order valence-corrected chi connectivity index (χ0v) is 29.1. The van der Waals surface area contributed by atoms with Crippen molar-refractivity contribution >= 4 is 26.2 Å². The van der Waals surface area contributed by atoms with Crippen LogP contribution in [0, 0.1) is 30.1 Å². The second-order valence-corrected chi connectivity index (χ2v) is 19.0. The van der Waals surface area contributed by atoms with E-state index in [0.717, 1.165) is 19.3 Å². The maximum absolute atomic E-state index is 14.3. The van der Waals surface area contributed by atoms with Crippen molar-refractivity contribution in [2.45, 2.75) is 93.1 Å². The predicted octanol–water partition coefficient (Wildman–Crippen LogP) is 6.91. The molecular formula is C38H41O8S2-. The summed E-state index contributed by atoms with van der Waals surface area (Å²) in [5, 5.41) is 0. The Bertz CT molecular complexity index is 1990. The number of carbonyl (C=O) groups is 1. The van der Waals surface area contributed by atoms with Crippen LogP contribution in [0.15, 0.2) is 65.6 Å². The van der Waals surface area contributed by atoms with E-state index in [9.17, 15) is 26.2 Å². The Balaban J connectivity index is 1.05. The summed E-state index contributed by atoms with van der Waals surface area (Å²) in [5.74, 6) is -0.331. The molecule has 10 heteroatoms. The minimum atomic E-state index is -4.76. The van der Waals surface area contributed by atoms with E-state index in [1.165, 1.54) is 34.4 Å². The van der Waals surface area contributed by atoms with Crippen molar-refractivity contribution in [1.29, 1.82) is 0 Å². The van der Waals surface area contributed by atoms with Crippen LogP contribution < -0.4 is 4.18 Å². The molecule has 48 heavy (non-hydrogen) atoms. The molecule has 0 N–H and O–H groups in total. The molecule has 0 saturated heterocycles. The monoisotopic (exact) mass is 689 g/mol. The van der Waals surface area contributed by atoms with Gasteiger partial charge in [0.1, 0.15) is 20.6 Å². The second kappa shape index (κ2) is 10.9. The maximum Gasteiger partial charge on any atom is 0.315 e. The molecule has 4 saturated carbocycles. The van der Waals surface area contributed by atoms with Crippen molar-refractivity contribution < 1.29 is 35.1 Å². The quantitative estimate of drug-likeness (QED) is 0.142. The third-order valence-corrected chi connectivity index (χ3v) is 15.0. The zero-order valence-electron chi connectivity index (χ0n) is 27.5. The molecule has 7 aliphatic carbocycles. The Morgan fingerprint density at radius 1 is 0.875 bits per heavy atom. The molecule has 3 aromatic carbocycles. The molecule has 254 valence electrons. The molecule has 0 aliphatic heterocycles. The summed E-state index contributed by atoms with van der Waals surface area (Å²) in [5.41, 5.74) is 5.04. The highest BCUT2D eigenvalue weighted by atomic mass is 32.2. The van der Waals surface area contributed by atoms with Gasteiger partial charge in [-0.1, -0.05) is 62.4 Å². The highest BCUT2D eigenvalue weighted by Gasteiger charge is 2.64. The topological polar surface area (TPSA) is 127 Å². The van der Waals surface area contributed by atoms with Gasteiger partial charge in [0.15, 0.2) is 0 Å². The van der Waals surface area contributed by atoms with Crippen LogP contribution in [-0.2, 0) is 29.8 Å². The average Bonchev–Trinajstić information content (AvgIpc) is 3.03. The molecule has 0 amide bonds. The molecule has 3 atom stereocenters. The Hall–Kier alpha value is -3.21. The van der Waals surface area contributed by atoms with Crippen molar-refractivity contribution in [3.8, 4) is 5.75 Å². The van der Waals surface area contributed by atoms with Gasteiger partial charge in [-0.2, -0.15) is 8.42 Å². The first-order valence-electron chi connectivity index (χ1n) is 17.1. The predicted molar refractivity (Wildman–Crippen MR) is 178 cm³/mol. The minimum absolute atomic E-state index is 0.0511. The summed E-state index contributed by atoms with van der Waals surface area (Å²) >= 11 is 0. The fourth-order valence-corrected chi connectivity index (χ4v) is 13.5. The largest absolute Gasteiger partial charge is 0.744 e. The van der Waals surface area contributed by atoms with Gasteiger partial charge in [-0.25, -0.2) is 8.42 Å². The van der Waals surface area contributed by atoms with E-state index in [4.69, 9.17) is 8.92 Å². The van der Waals surface area contributed by atoms with E-state index < -0.39 is 30.4 Å². The van der Waals surface area contributed by atoms with Crippen LogP contribution in [0.2, 0.25) is 0 Å². The summed E-state index contributed by atoms with van der Waals surface area (Å²) in [7, 11) is -8.94. The van der Waals surface area contributed by atoms with Gasteiger partial charge in [0.05, 0.1) is 17.4 Å². The molecule has 3 unspecified atom stereocenters. The molecule has 3 aromatic rings. The summed E-state index contributed by atoms with van der Waals surface area (Å²) in [6.07, 6.45) is 4.64. The van der Waals surface area contributed by atoms with Gasteiger partial charge in [0.2, 0.25) is 0 Å². The van der Waals surface area contributed by atoms with Gasteiger partial charge in [0.25, 0.3) is 0 Å². The van der Waals surface area contributed by atoms with E-state index >= 15 is 0 Å². The van der Waals surface area contributed by atoms with Gasteiger partial charge in [-0.3, -0.25) is 4.79 Å². The lowest BCUT2D eigenvalue weighted by Gasteiger charge is -2.60. The highest BCUT2D eigenvalue weighted by molar-refractivity contribution is 7.88. The van der Waals surface area contributed by atoms with Crippen LogP contribution >= 0.6 is 0 Å². The Kier molecular flexibility index (Phi) is 7.27. The van der Waals surface area contributed by atoms with Crippen molar-refractivity contribution in [2.75, 3.05) is 6.61 Å². The van der Waals surface area contributed by atoms with Crippen LogP contribution in [0.1, 0.15) is 110 Å². The van der Waals surface area contributed by atoms with Gasteiger partial charge >= 0.3 is 16.1 Å². The number of fused-ring (bicyclic) bond motifs is 1. The van der Waals surface area contributed by atoms with Crippen molar-refractivity contribution in [2.24, 2.45) is 23.2 Å². The summed E-state index contributed by atoms with van der Waals surface area (Å²) in [4.78, 5) is 13.7. The Morgan fingerprint density at radius 3 is 2.02 bits per heavy atom. The molecule has 0 spiro atoms. The Labute approximate surface area is 283 Å². The number of ether oxygens (including phenoxy) is 1. The van der Waals surface area contributed by atoms with Gasteiger partial charge in [-0.15, -0.1) is 0 Å². The molecule has 7 aliphatic rings. The first kappa shape index (κ1) is 32.0. The lowest BCUT2D eigenvalue weighted by molar-refractivity contribution is -0.160.